The summed E-state index contributed by atoms with van der Waals surface area (Å²) in [5.74, 6) is 6.53. The van der Waals surface area contributed by atoms with Crippen molar-refractivity contribution in [2.24, 2.45) is 0 Å². The number of carbonyl (C=O) groups is 1. The fourth-order valence-electron chi connectivity index (χ4n) is 2.43. The third-order valence-electron chi connectivity index (χ3n) is 4.08. The molecule has 0 aliphatic heterocycles. The first-order chi connectivity index (χ1) is 12.8. The number of nitrogen functional groups attached to an aromatic ring is 1. The number of nitrogens with one attached hydrogen (secondary N) is 1. The molecule has 8 heteroatoms. The average molecular weight is 402 g/mol. The first kappa shape index (κ1) is 19.3. The topological polar surface area (TPSA) is 85.8 Å². The van der Waals surface area contributed by atoms with Gasteiger partial charge in [-0.2, -0.15) is 0 Å². The van der Waals surface area contributed by atoms with E-state index in [1.807, 2.05) is 44.2 Å². The lowest BCUT2D eigenvalue weighted by molar-refractivity contribution is -0.115. The van der Waals surface area contributed by atoms with Gasteiger partial charge in [0.05, 0.1) is 5.25 Å². The number of hydrogen-bond acceptors (Lipinski definition) is 5. The summed E-state index contributed by atoms with van der Waals surface area (Å²) in [6, 6.07) is 13.2. The predicted molar refractivity (Wildman–Crippen MR) is 110 cm³/mol. The summed E-state index contributed by atoms with van der Waals surface area (Å²) in [7, 11) is 0. The van der Waals surface area contributed by atoms with Crippen LogP contribution in [0.4, 0.5) is 5.69 Å². The second-order valence-electron chi connectivity index (χ2n) is 6.25. The fourth-order valence-corrected chi connectivity index (χ4v) is 3.37. The third kappa shape index (κ3) is 4.43. The van der Waals surface area contributed by atoms with Gasteiger partial charge in [-0.15, -0.1) is 10.2 Å². The molecule has 0 unspecified atom stereocenters. The zero-order chi connectivity index (χ0) is 19.6. The normalized spacial score (nSPS) is 12.0. The Bertz CT molecular complexity index is 971. The van der Waals surface area contributed by atoms with E-state index < -0.39 is 5.25 Å². The van der Waals surface area contributed by atoms with Crippen LogP contribution >= 0.6 is 23.4 Å². The maximum Gasteiger partial charge on any atom is 0.237 e. The highest BCUT2D eigenvalue weighted by Crippen LogP contribution is 2.26. The molecule has 27 heavy (non-hydrogen) atoms. The second kappa shape index (κ2) is 8.02. The summed E-state index contributed by atoms with van der Waals surface area (Å²) in [6.45, 7) is 5.72. The van der Waals surface area contributed by atoms with E-state index in [4.69, 9.17) is 17.4 Å². The van der Waals surface area contributed by atoms with Crippen molar-refractivity contribution in [2.75, 3.05) is 11.2 Å². The number of amides is 1. The number of thioether (sulfide) groups is 1. The third-order valence-corrected chi connectivity index (χ3v) is 5.38. The van der Waals surface area contributed by atoms with Crippen LogP contribution in [0.2, 0.25) is 5.02 Å². The molecular weight excluding hydrogens is 382 g/mol. The molecule has 6 nitrogen and oxygen atoms in total. The number of halogens is 1. The summed E-state index contributed by atoms with van der Waals surface area (Å²) in [4.78, 5) is 12.5. The van der Waals surface area contributed by atoms with Gasteiger partial charge in [0.15, 0.2) is 5.82 Å². The molecule has 1 heterocycles. The maximum atomic E-state index is 12.5. The van der Waals surface area contributed by atoms with Gasteiger partial charge in [0, 0.05) is 16.3 Å². The average Bonchev–Trinajstić information content (AvgIpc) is 2.99. The van der Waals surface area contributed by atoms with Crippen molar-refractivity contribution in [1.82, 2.24) is 14.9 Å². The lowest BCUT2D eigenvalue weighted by Gasteiger charge is -2.13. The SMILES string of the molecule is Cc1ccc(-c2nnc(S[C@H](C)C(=O)Nc3cc(Cl)ccc3C)n2N)cc1. The number of carbonyl (C=O) groups excluding carboxylic acids is 1. The van der Waals surface area contributed by atoms with E-state index in [1.165, 1.54) is 16.4 Å². The monoisotopic (exact) mass is 401 g/mol. The Morgan fingerprint density at radius 2 is 1.89 bits per heavy atom. The molecule has 3 rings (SSSR count). The number of nitrogens with two attached hydrogens (primary N) is 1. The number of rotatable bonds is 5. The molecule has 0 saturated carbocycles. The van der Waals surface area contributed by atoms with Crippen LogP contribution in [-0.2, 0) is 4.79 Å². The van der Waals surface area contributed by atoms with Crippen molar-refractivity contribution < 1.29 is 4.79 Å². The maximum absolute atomic E-state index is 12.5. The molecule has 0 spiro atoms. The molecule has 3 aromatic rings. The molecule has 0 bridgehead atoms. The molecule has 0 radical (unpaired) electrons. The molecule has 0 aliphatic carbocycles. The number of anilines is 1. The van der Waals surface area contributed by atoms with Gasteiger partial charge in [-0.05, 0) is 38.5 Å². The highest BCUT2D eigenvalue weighted by Gasteiger charge is 2.20. The first-order valence-electron chi connectivity index (χ1n) is 8.36. The van der Waals surface area contributed by atoms with E-state index in [0.717, 1.165) is 16.7 Å². The lowest BCUT2D eigenvalue weighted by Crippen LogP contribution is -2.24. The predicted octanol–water partition coefficient (Wildman–Crippen LogP) is 4.05. The van der Waals surface area contributed by atoms with E-state index in [0.29, 0.717) is 21.7 Å². The van der Waals surface area contributed by atoms with E-state index >= 15 is 0 Å². The van der Waals surface area contributed by atoms with Crippen LogP contribution in [0, 0.1) is 13.8 Å². The highest BCUT2D eigenvalue weighted by molar-refractivity contribution is 8.00. The molecule has 0 saturated heterocycles. The Morgan fingerprint density at radius 3 is 2.59 bits per heavy atom. The quantitative estimate of drug-likeness (QED) is 0.497. The van der Waals surface area contributed by atoms with Crippen LogP contribution < -0.4 is 11.2 Å². The van der Waals surface area contributed by atoms with Crippen molar-refractivity contribution in [3.8, 4) is 11.4 Å². The minimum absolute atomic E-state index is 0.162. The van der Waals surface area contributed by atoms with Crippen LogP contribution in [0.25, 0.3) is 11.4 Å². The van der Waals surface area contributed by atoms with Gasteiger partial charge in [-0.3, -0.25) is 4.79 Å². The minimum atomic E-state index is -0.416. The van der Waals surface area contributed by atoms with E-state index in [9.17, 15) is 4.79 Å². The van der Waals surface area contributed by atoms with E-state index in [2.05, 4.69) is 15.5 Å². The number of nitrogens with zero attached hydrogens (tertiary/aromatic N) is 3. The van der Waals surface area contributed by atoms with Gasteiger partial charge in [0.2, 0.25) is 11.1 Å². The highest BCUT2D eigenvalue weighted by atomic mass is 35.5. The fraction of sp³-hybridized carbons (Fsp3) is 0.211. The lowest BCUT2D eigenvalue weighted by atomic mass is 10.1. The Morgan fingerprint density at radius 1 is 1.19 bits per heavy atom. The second-order valence-corrected chi connectivity index (χ2v) is 8.00. The molecule has 3 N–H and O–H groups in total. The Balaban J connectivity index is 1.72. The van der Waals surface area contributed by atoms with Gasteiger partial charge in [-0.25, -0.2) is 4.68 Å². The Labute approximate surface area is 167 Å². The number of benzene rings is 2. The van der Waals surface area contributed by atoms with Crippen molar-refractivity contribution in [3.63, 3.8) is 0 Å². The van der Waals surface area contributed by atoms with Crippen LogP contribution in [-0.4, -0.2) is 26.0 Å². The first-order valence-corrected chi connectivity index (χ1v) is 9.62. The van der Waals surface area contributed by atoms with Crippen molar-refractivity contribution >= 4 is 35.0 Å². The molecule has 140 valence electrons. The van der Waals surface area contributed by atoms with E-state index in [1.54, 1.807) is 19.1 Å². The summed E-state index contributed by atoms with van der Waals surface area (Å²) in [5.41, 5.74) is 3.65. The van der Waals surface area contributed by atoms with Crippen molar-refractivity contribution in [1.29, 1.82) is 0 Å². The standard InChI is InChI=1S/C19H20ClN5OS/c1-11-4-7-14(8-5-11)17-23-24-19(25(17)21)27-13(3)18(26)22-16-10-15(20)9-6-12(16)2/h4-10,13H,21H2,1-3H3,(H,22,26)/t13-/m1/s1. The zero-order valence-corrected chi connectivity index (χ0v) is 16.8. The van der Waals surface area contributed by atoms with Crippen molar-refractivity contribution in [3.05, 3.63) is 58.6 Å². The smallest absolute Gasteiger partial charge is 0.237 e. The van der Waals surface area contributed by atoms with Crippen LogP contribution in [0.5, 0.6) is 0 Å². The molecule has 1 aromatic heterocycles. The van der Waals surface area contributed by atoms with Crippen LogP contribution in [0.15, 0.2) is 47.6 Å². The molecule has 1 atom stereocenters. The Hall–Kier alpha value is -2.51. The summed E-state index contributed by atoms with van der Waals surface area (Å²) in [6.07, 6.45) is 0. The number of aromatic nitrogens is 3. The van der Waals surface area contributed by atoms with Crippen LogP contribution in [0.1, 0.15) is 18.1 Å². The van der Waals surface area contributed by atoms with Crippen molar-refractivity contribution in [2.45, 2.75) is 31.2 Å². The van der Waals surface area contributed by atoms with Gasteiger partial charge < -0.3 is 11.2 Å². The zero-order valence-electron chi connectivity index (χ0n) is 15.2. The molecule has 0 fully saturated rings. The van der Waals surface area contributed by atoms with Gasteiger partial charge in [0.1, 0.15) is 0 Å². The van der Waals surface area contributed by atoms with Gasteiger partial charge in [0.25, 0.3) is 0 Å². The minimum Gasteiger partial charge on any atom is -0.335 e. The molecule has 0 aliphatic rings. The summed E-state index contributed by atoms with van der Waals surface area (Å²) >= 11 is 7.25. The molecule has 1 amide bonds. The van der Waals surface area contributed by atoms with Crippen LogP contribution in [0.3, 0.4) is 0 Å². The van der Waals surface area contributed by atoms with Gasteiger partial charge >= 0.3 is 0 Å². The molecular formula is C19H20ClN5OS. The summed E-state index contributed by atoms with van der Waals surface area (Å²) in [5, 5.41) is 11.8. The Kier molecular flexibility index (Phi) is 5.72. The van der Waals surface area contributed by atoms with E-state index in [-0.39, 0.29) is 5.91 Å². The number of aryl methyl sites for hydroxylation is 2. The van der Waals surface area contributed by atoms with Gasteiger partial charge in [-0.1, -0.05) is 59.3 Å². The molecule has 2 aromatic carbocycles. The summed E-state index contributed by atoms with van der Waals surface area (Å²) < 4.78 is 1.41. The number of hydrogen-bond donors (Lipinski definition) is 2. The largest absolute Gasteiger partial charge is 0.335 e.